The van der Waals surface area contributed by atoms with E-state index >= 15 is 0 Å². The van der Waals surface area contributed by atoms with Crippen LogP contribution < -0.4 is 14.8 Å². The molecule has 0 aliphatic rings. The highest BCUT2D eigenvalue weighted by Gasteiger charge is 2.23. The van der Waals surface area contributed by atoms with Crippen LogP contribution in [0.5, 0.6) is 11.5 Å². The summed E-state index contributed by atoms with van der Waals surface area (Å²) in [5, 5.41) is 15.9. The zero-order valence-electron chi connectivity index (χ0n) is 13.5. The van der Waals surface area contributed by atoms with E-state index in [2.05, 4.69) is 15.0 Å². The molecule has 0 aliphatic carbocycles. The Morgan fingerprint density at radius 1 is 1.42 bits per heavy atom. The molecule has 0 atom stereocenters. The van der Waals surface area contributed by atoms with E-state index in [-0.39, 0.29) is 36.3 Å². The number of aromatic nitrogens is 2. The van der Waals surface area contributed by atoms with Crippen molar-refractivity contribution in [1.29, 1.82) is 0 Å². The minimum atomic E-state index is -2.96. The minimum Gasteiger partial charge on any atom is -0.490 e. The molecule has 3 aromatic rings. The Hall–Kier alpha value is -2.95. The van der Waals surface area contributed by atoms with E-state index < -0.39 is 11.5 Å². The molecule has 0 bridgehead atoms. The smallest absolute Gasteiger partial charge is 0.387 e. The Labute approximate surface area is 150 Å². The largest absolute Gasteiger partial charge is 0.490 e. The lowest BCUT2D eigenvalue weighted by Crippen LogP contribution is -2.06. The molecule has 0 spiro atoms. The summed E-state index contributed by atoms with van der Waals surface area (Å²) in [6.07, 6.45) is 1.57. The summed E-state index contributed by atoms with van der Waals surface area (Å²) in [6.45, 7) is -0.766. The maximum atomic E-state index is 12.4. The third-order valence-corrected chi connectivity index (χ3v) is 4.15. The Morgan fingerprint density at radius 2 is 2.23 bits per heavy atom. The minimum absolute atomic E-state index is 0.0703. The highest BCUT2D eigenvalue weighted by molar-refractivity contribution is 7.15. The first-order valence-electron chi connectivity index (χ1n) is 7.54. The van der Waals surface area contributed by atoms with Gasteiger partial charge in [0.25, 0.3) is 4.96 Å². The Kier molecular flexibility index (Phi) is 5.16. The van der Waals surface area contributed by atoms with Gasteiger partial charge in [-0.2, -0.15) is 18.2 Å². The predicted molar refractivity (Wildman–Crippen MR) is 91.3 cm³/mol. The maximum Gasteiger partial charge on any atom is 0.387 e. The summed E-state index contributed by atoms with van der Waals surface area (Å²) in [5.41, 5.74) is 0.667. The molecule has 0 fully saturated rings. The second-order valence-corrected chi connectivity index (χ2v) is 5.92. The number of nitro groups is 1. The molecule has 2 heterocycles. The second kappa shape index (κ2) is 7.52. The Balaban J connectivity index is 1.81. The van der Waals surface area contributed by atoms with Gasteiger partial charge in [0.2, 0.25) is 5.82 Å². The molecule has 3 rings (SSSR count). The average molecular weight is 384 g/mol. The summed E-state index contributed by atoms with van der Waals surface area (Å²) >= 11 is 1.28. The van der Waals surface area contributed by atoms with Gasteiger partial charge >= 0.3 is 12.4 Å². The number of anilines is 1. The maximum absolute atomic E-state index is 12.4. The van der Waals surface area contributed by atoms with Crippen LogP contribution in [0.1, 0.15) is 12.5 Å². The van der Waals surface area contributed by atoms with Gasteiger partial charge in [-0.3, -0.25) is 0 Å². The van der Waals surface area contributed by atoms with Crippen molar-refractivity contribution in [2.45, 2.75) is 20.1 Å². The van der Waals surface area contributed by atoms with Gasteiger partial charge in [0.15, 0.2) is 11.5 Å². The number of imidazole rings is 1. The van der Waals surface area contributed by atoms with E-state index in [0.717, 1.165) is 0 Å². The van der Waals surface area contributed by atoms with Crippen LogP contribution in [0.4, 0.5) is 20.4 Å². The summed E-state index contributed by atoms with van der Waals surface area (Å²) < 4.78 is 36.0. The quantitative estimate of drug-likeness (QED) is 0.468. The topological polar surface area (TPSA) is 90.9 Å². The predicted octanol–water partition coefficient (Wildman–Crippen LogP) is 3.92. The van der Waals surface area contributed by atoms with E-state index in [1.54, 1.807) is 30.6 Å². The second-order valence-electron chi connectivity index (χ2n) is 5.04. The molecule has 1 aromatic carbocycles. The lowest BCUT2D eigenvalue weighted by atomic mass is 10.2. The number of nitrogens with zero attached hydrogens (tertiary/aromatic N) is 3. The molecule has 11 heteroatoms. The fourth-order valence-electron chi connectivity index (χ4n) is 2.38. The van der Waals surface area contributed by atoms with Gasteiger partial charge in [0.05, 0.1) is 6.61 Å². The molecular formula is C15H14F2N4O4S. The normalized spacial score (nSPS) is 11.1. The number of nitrogens with one attached hydrogen (secondary N) is 1. The highest BCUT2D eigenvalue weighted by Crippen LogP contribution is 2.31. The van der Waals surface area contributed by atoms with Crippen LogP contribution in [0.2, 0.25) is 0 Å². The molecule has 0 saturated carbocycles. The third kappa shape index (κ3) is 3.67. The number of benzene rings is 1. The van der Waals surface area contributed by atoms with Crippen molar-refractivity contribution < 1.29 is 23.2 Å². The first-order valence-corrected chi connectivity index (χ1v) is 8.42. The molecule has 26 heavy (non-hydrogen) atoms. The van der Waals surface area contributed by atoms with Crippen molar-refractivity contribution in [1.82, 2.24) is 9.38 Å². The SMILES string of the molecule is CCOc1cc(CNc2nc3sccn3c2[N+](=O)[O-])ccc1OC(F)F. The standard InChI is InChI=1S/C15H14F2N4O4S/c1-2-24-11-7-9(3-4-10(11)25-14(16)17)8-18-12-13(21(22)23)20-5-6-26-15(20)19-12/h3-7,14,18H,2,8H2,1H3. The number of fused-ring (bicyclic) bond motifs is 1. The average Bonchev–Trinajstić information content (AvgIpc) is 3.14. The lowest BCUT2D eigenvalue weighted by molar-refractivity contribution is -0.389. The zero-order chi connectivity index (χ0) is 18.7. The molecule has 0 amide bonds. The first-order chi connectivity index (χ1) is 12.5. The van der Waals surface area contributed by atoms with Crippen molar-refractivity contribution in [3.63, 3.8) is 0 Å². The van der Waals surface area contributed by atoms with Gasteiger partial charge in [-0.05, 0) is 29.5 Å². The summed E-state index contributed by atoms with van der Waals surface area (Å²) in [7, 11) is 0. The van der Waals surface area contributed by atoms with Gasteiger partial charge < -0.3 is 24.9 Å². The number of halogens is 2. The molecule has 0 unspecified atom stereocenters. The third-order valence-electron chi connectivity index (χ3n) is 3.39. The Morgan fingerprint density at radius 3 is 2.92 bits per heavy atom. The first kappa shape index (κ1) is 17.9. The summed E-state index contributed by atoms with van der Waals surface area (Å²) in [4.78, 5) is 15.5. The molecule has 2 aromatic heterocycles. The zero-order valence-corrected chi connectivity index (χ0v) is 14.3. The molecule has 0 radical (unpaired) electrons. The van der Waals surface area contributed by atoms with E-state index in [4.69, 9.17) is 4.74 Å². The van der Waals surface area contributed by atoms with Crippen molar-refractivity contribution in [2.75, 3.05) is 11.9 Å². The van der Waals surface area contributed by atoms with Crippen LogP contribution in [0.3, 0.4) is 0 Å². The number of thiazole rings is 1. The molecular weight excluding hydrogens is 370 g/mol. The van der Waals surface area contributed by atoms with Crippen LogP contribution in [0.25, 0.3) is 4.96 Å². The van der Waals surface area contributed by atoms with Gasteiger partial charge in [-0.1, -0.05) is 17.4 Å². The fraction of sp³-hybridized carbons (Fsp3) is 0.267. The highest BCUT2D eigenvalue weighted by atomic mass is 32.1. The van der Waals surface area contributed by atoms with Crippen LogP contribution in [0, 0.1) is 10.1 Å². The van der Waals surface area contributed by atoms with Crippen LogP contribution in [-0.4, -0.2) is 27.5 Å². The summed E-state index contributed by atoms with van der Waals surface area (Å²) in [6, 6.07) is 4.48. The fourth-order valence-corrected chi connectivity index (χ4v) is 3.09. The van der Waals surface area contributed by atoms with Crippen molar-refractivity contribution in [3.05, 3.63) is 45.5 Å². The Bertz CT molecular complexity index is 928. The molecule has 138 valence electrons. The van der Waals surface area contributed by atoms with Gasteiger partial charge in [-0.25, -0.2) is 0 Å². The summed E-state index contributed by atoms with van der Waals surface area (Å²) in [5.74, 6) is 0.0724. The van der Waals surface area contributed by atoms with Crippen LogP contribution >= 0.6 is 11.3 Å². The van der Waals surface area contributed by atoms with Crippen molar-refractivity contribution in [3.8, 4) is 11.5 Å². The van der Waals surface area contributed by atoms with E-state index in [1.165, 1.54) is 21.8 Å². The van der Waals surface area contributed by atoms with E-state index in [9.17, 15) is 18.9 Å². The molecule has 1 N–H and O–H groups in total. The molecule has 0 saturated heterocycles. The van der Waals surface area contributed by atoms with E-state index in [1.807, 2.05) is 0 Å². The van der Waals surface area contributed by atoms with Crippen molar-refractivity contribution in [2.24, 2.45) is 0 Å². The number of hydrogen-bond donors (Lipinski definition) is 1. The van der Waals surface area contributed by atoms with Crippen molar-refractivity contribution >= 4 is 27.9 Å². The van der Waals surface area contributed by atoms with Crippen LogP contribution in [-0.2, 0) is 6.54 Å². The number of ether oxygens (including phenoxy) is 2. The molecule has 0 aliphatic heterocycles. The van der Waals surface area contributed by atoms with Gasteiger partial charge in [-0.15, -0.1) is 0 Å². The van der Waals surface area contributed by atoms with Gasteiger partial charge in [0, 0.05) is 11.9 Å². The lowest BCUT2D eigenvalue weighted by Gasteiger charge is -2.13. The number of hydrogen-bond acceptors (Lipinski definition) is 7. The number of alkyl halides is 2. The van der Waals surface area contributed by atoms with Crippen LogP contribution in [0.15, 0.2) is 29.8 Å². The molecule has 8 nitrogen and oxygen atoms in total. The number of rotatable bonds is 8. The van der Waals surface area contributed by atoms with E-state index in [0.29, 0.717) is 10.5 Å². The van der Waals surface area contributed by atoms with Gasteiger partial charge in [0.1, 0.15) is 6.20 Å². The monoisotopic (exact) mass is 384 g/mol.